The van der Waals surface area contributed by atoms with Crippen LogP contribution in [0.1, 0.15) is 36.4 Å². The van der Waals surface area contributed by atoms with Gasteiger partial charge in [-0.25, -0.2) is 5.01 Å². The highest BCUT2D eigenvalue weighted by Crippen LogP contribution is 2.32. The van der Waals surface area contributed by atoms with Crippen LogP contribution < -0.4 is 15.4 Å². The summed E-state index contributed by atoms with van der Waals surface area (Å²) in [4.78, 5) is 25.4. The summed E-state index contributed by atoms with van der Waals surface area (Å²) in [6.45, 7) is 0. The summed E-state index contributed by atoms with van der Waals surface area (Å²) >= 11 is 0. The van der Waals surface area contributed by atoms with Gasteiger partial charge in [0.15, 0.2) is 0 Å². The van der Waals surface area contributed by atoms with E-state index in [1.54, 1.807) is 5.01 Å². The van der Waals surface area contributed by atoms with Crippen molar-refractivity contribution in [3.05, 3.63) is 71.8 Å². The van der Waals surface area contributed by atoms with Crippen molar-refractivity contribution in [1.82, 2.24) is 10.4 Å². The van der Waals surface area contributed by atoms with Gasteiger partial charge in [-0.3, -0.25) is 10.2 Å². The molecule has 1 aliphatic rings. The molecular weight excluding hydrogens is 354 g/mol. The van der Waals surface area contributed by atoms with Gasteiger partial charge < -0.3 is 14.8 Å². The molecule has 2 aromatic rings. The van der Waals surface area contributed by atoms with Gasteiger partial charge in [0.2, 0.25) is 5.91 Å². The molecule has 1 atom stereocenters. The minimum atomic E-state index is -1.14. The van der Waals surface area contributed by atoms with E-state index in [1.807, 2.05) is 79.7 Å². The van der Waals surface area contributed by atoms with Gasteiger partial charge in [-0.15, -0.1) is 0 Å². The van der Waals surface area contributed by atoms with Crippen LogP contribution in [0, 0.1) is 0 Å². The molecule has 2 aromatic carbocycles. The Morgan fingerprint density at radius 2 is 1.71 bits per heavy atom. The van der Waals surface area contributed by atoms with Crippen molar-refractivity contribution in [2.24, 2.45) is 0 Å². The quantitative estimate of drug-likeness (QED) is 0.799. The minimum absolute atomic E-state index is 0.124. The van der Waals surface area contributed by atoms with Crippen LogP contribution in [-0.4, -0.2) is 31.0 Å². The Kier molecular flexibility index (Phi) is 5.99. The molecule has 28 heavy (non-hydrogen) atoms. The number of rotatable bonds is 7. The van der Waals surface area contributed by atoms with Crippen LogP contribution in [0.3, 0.4) is 0 Å². The number of hydrazine groups is 1. The Hall–Kier alpha value is -3.28. The van der Waals surface area contributed by atoms with E-state index < -0.39 is 5.97 Å². The van der Waals surface area contributed by atoms with E-state index in [2.05, 4.69) is 5.43 Å². The lowest BCUT2D eigenvalue weighted by Gasteiger charge is -2.26. The topological polar surface area (TPSA) is 75.7 Å². The first-order chi connectivity index (χ1) is 13.5. The van der Waals surface area contributed by atoms with Gasteiger partial charge in [0.25, 0.3) is 0 Å². The summed E-state index contributed by atoms with van der Waals surface area (Å²) in [6, 6.07) is 17.6. The van der Waals surface area contributed by atoms with E-state index in [1.165, 1.54) is 0 Å². The maximum atomic E-state index is 12.8. The van der Waals surface area contributed by atoms with Crippen molar-refractivity contribution in [2.75, 3.05) is 19.0 Å². The number of hydrogen-bond donors (Lipinski definition) is 1. The van der Waals surface area contributed by atoms with Crippen LogP contribution in [0.25, 0.3) is 5.70 Å². The largest absolute Gasteiger partial charge is 0.550 e. The summed E-state index contributed by atoms with van der Waals surface area (Å²) in [7, 11) is 3.96. The molecule has 6 heteroatoms. The molecule has 0 unspecified atom stereocenters. The first kappa shape index (κ1) is 19.5. The van der Waals surface area contributed by atoms with Gasteiger partial charge in [0, 0.05) is 32.2 Å². The van der Waals surface area contributed by atoms with E-state index in [0.717, 1.165) is 22.5 Å². The van der Waals surface area contributed by atoms with Crippen LogP contribution in [-0.2, 0) is 9.59 Å². The second-order valence-electron chi connectivity index (χ2n) is 6.98. The fraction of sp³-hybridized carbons (Fsp3) is 0.273. The van der Waals surface area contributed by atoms with Crippen LogP contribution in [0.5, 0.6) is 0 Å². The van der Waals surface area contributed by atoms with Crippen LogP contribution in [0.4, 0.5) is 5.69 Å². The number of carbonyl (C=O) groups excluding carboxylic acids is 2. The van der Waals surface area contributed by atoms with Crippen molar-refractivity contribution >= 4 is 23.3 Å². The van der Waals surface area contributed by atoms with Gasteiger partial charge in [-0.05, 0) is 42.2 Å². The summed E-state index contributed by atoms with van der Waals surface area (Å²) in [6.07, 6.45) is 2.30. The molecule has 0 radical (unpaired) electrons. The van der Waals surface area contributed by atoms with Crippen molar-refractivity contribution in [3.8, 4) is 0 Å². The molecule has 1 N–H and O–H groups in total. The number of carboxylic acid groups (broad SMARTS) is 1. The average molecular weight is 378 g/mol. The molecule has 0 bridgehead atoms. The van der Waals surface area contributed by atoms with E-state index in [9.17, 15) is 14.7 Å². The first-order valence-electron chi connectivity index (χ1n) is 9.29. The summed E-state index contributed by atoms with van der Waals surface area (Å²) in [5.74, 6) is -1.29. The van der Waals surface area contributed by atoms with E-state index >= 15 is 0 Å². The Balaban J connectivity index is 1.85. The number of anilines is 1. The Bertz CT molecular complexity index is 860. The molecule has 1 amide bonds. The van der Waals surface area contributed by atoms with Gasteiger partial charge in [0.1, 0.15) is 0 Å². The fourth-order valence-electron chi connectivity index (χ4n) is 3.18. The smallest absolute Gasteiger partial charge is 0.241 e. The van der Waals surface area contributed by atoms with E-state index in [-0.39, 0.29) is 31.2 Å². The summed E-state index contributed by atoms with van der Waals surface area (Å²) in [5.41, 5.74) is 7.11. The second-order valence-corrected chi connectivity index (χ2v) is 6.98. The molecule has 6 nitrogen and oxygen atoms in total. The molecule has 0 aliphatic carbocycles. The van der Waals surface area contributed by atoms with E-state index in [0.29, 0.717) is 0 Å². The van der Waals surface area contributed by atoms with Crippen molar-refractivity contribution in [1.29, 1.82) is 0 Å². The monoisotopic (exact) mass is 378 g/mol. The van der Waals surface area contributed by atoms with Crippen molar-refractivity contribution < 1.29 is 14.7 Å². The zero-order chi connectivity index (χ0) is 20.1. The minimum Gasteiger partial charge on any atom is -0.550 e. The van der Waals surface area contributed by atoms with E-state index in [4.69, 9.17) is 0 Å². The number of hydrogen-bond acceptors (Lipinski definition) is 5. The molecule has 0 spiro atoms. The zero-order valence-electron chi connectivity index (χ0n) is 16.1. The molecular formula is C22H24N3O3-. The molecule has 0 saturated carbocycles. The molecule has 1 aliphatic heterocycles. The molecule has 146 valence electrons. The third-order valence-corrected chi connectivity index (χ3v) is 4.72. The average Bonchev–Trinajstić information content (AvgIpc) is 3.14. The van der Waals surface area contributed by atoms with Gasteiger partial charge in [-0.2, -0.15) is 0 Å². The highest BCUT2D eigenvalue weighted by molar-refractivity contribution is 5.81. The number of nitrogens with one attached hydrogen (secondary N) is 1. The lowest BCUT2D eigenvalue weighted by Crippen LogP contribution is -2.39. The molecule has 0 fully saturated rings. The van der Waals surface area contributed by atoms with Gasteiger partial charge in [-0.1, -0.05) is 42.5 Å². The Labute approximate surface area is 165 Å². The summed E-state index contributed by atoms with van der Waals surface area (Å²) in [5, 5.41) is 12.2. The molecule has 0 saturated heterocycles. The normalized spacial score (nSPS) is 15.7. The van der Waals surface area contributed by atoms with Crippen molar-refractivity contribution in [3.63, 3.8) is 0 Å². The maximum Gasteiger partial charge on any atom is 0.241 e. The predicted octanol–water partition coefficient (Wildman–Crippen LogP) is 2.10. The standard InChI is InChI=1S/C22H25N3O3/c1-24(2)18-13-11-17(12-14-18)20-15-19(16-7-4-3-5-8-16)23-25(20)21(26)9-6-10-22(27)28/h3-5,7-8,11-15,20,23H,6,9-10H2,1-2H3,(H,27,28)/p-1/t20-/m1/s1. The van der Waals surface area contributed by atoms with Crippen LogP contribution in [0.15, 0.2) is 60.7 Å². The predicted molar refractivity (Wildman–Crippen MR) is 107 cm³/mol. The van der Waals surface area contributed by atoms with Crippen LogP contribution >= 0.6 is 0 Å². The molecule has 0 aromatic heterocycles. The lowest BCUT2D eigenvalue weighted by atomic mass is 10.0. The zero-order valence-corrected chi connectivity index (χ0v) is 16.1. The number of carbonyl (C=O) groups is 2. The molecule has 3 rings (SSSR count). The highest BCUT2D eigenvalue weighted by Gasteiger charge is 2.30. The lowest BCUT2D eigenvalue weighted by molar-refractivity contribution is -0.305. The summed E-state index contributed by atoms with van der Waals surface area (Å²) < 4.78 is 0. The SMILES string of the molecule is CN(C)c1ccc([C@H]2C=C(c3ccccc3)NN2C(=O)CCCC(=O)[O-])cc1. The number of nitrogens with zero attached hydrogens (tertiary/aromatic N) is 2. The van der Waals surface area contributed by atoms with Gasteiger partial charge in [0.05, 0.1) is 11.7 Å². The third-order valence-electron chi connectivity index (χ3n) is 4.72. The number of carboxylic acids is 1. The highest BCUT2D eigenvalue weighted by atomic mass is 16.4. The molecule has 1 heterocycles. The fourth-order valence-corrected chi connectivity index (χ4v) is 3.18. The number of benzene rings is 2. The van der Waals surface area contributed by atoms with Crippen molar-refractivity contribution in [2.45, 2.75) is 25.3 Å². The Morgan fingerprint density at radius 1 is 1.04 bits per heavy atom. The second kappa shape index (κ2) is 8.61. The van der Waals surface area contributed by atoms with Crippen LogP contribution in [0.2, 0.25) is 0 Å². The van der Waals surface area contributed by atoms with Gasteiger partial charge >= 0.3 is 0 Å². The Morgan fingerprint density at radius 3 is 2.32 bits per heavy atom. The first-order valence-corrected chi connectivity index (χ1v) is 9.29. The number of aliphatic carboxylic acids is 1. The number of amides is 1. The maximum absolute atomic E-state index is 12.8. The third kappa shape index (κ3) is 4.52.